The highest BCUT2D eigenvalue weighted by atomic mass is 35.5. The smallest absolute Gasteiger partial charge is 0.318 e. The van der Waals surface area contributed by atoms with Crippen LogP contribution in [-0.2, 0) is 4.79 Å². The number of primary amides is 1. The van der Waals surface area contributed by atoms with Crippen LogP contribution < -0.4 is 21.3 Å². The molecule has 0 radical (unpaired) electrons. The molecule has 0 aliphatic carbocycles. The van der Waals surface area contributed by atoms with E-state index in [1.165, 1.54) is 0 Å². The zero-order valence-corrected chi connectivity index (χ0v) is 11.4. The number of hydrogen-bond acceptors (Lipinski definition) is 4. The monoisotopic (exact) mass is 284 g/mol. The highest BCUT2D eigenvalue weighted by Gasteiger charge is 2.26. The molecule has 0 aromatic heterocycles. The molecule has 1 atom stereocenters. The minimum Gasteiger partial charge on any atom is -0.382 e. The summed E-state index contributed by atoms with van der Waals surface area (Å²) in [5.41, 5.74) is 6.90. The predicted octanol–water partition coefficient (Wildman–Crippen LogP) is 0.924. The summed E-state index contributed by atoms with van der Waals surface area (Å²) in [6.07, 6.45) is 0. The maximum atomic E-state index is 11.8. The molecule has 7 heteroatoms. The summed E-state index contributed by atoms with van der Waals surface area (Å²) in [4.78, 5) is 24.4. The molecule has 6 nitrogen and oxygen atoms in total. The van der Waals surface area contributed by atoms with Gasteiger partial charge >= 0.3 is 6.03 Å². The first-order valence-corrected chi connectivity index (χ1v) is 5.79. The highest BCUT2D eigenvalue weighted by Crippen LogP contribution is 2.29. The van der Waals surface area contributed by atoms with Crippen molar-refractivity contribution in [1.29, 1.82) is 0 Å². The first kappa shape index (κ1) is 15.1. The van der Waals surface area contributed by atoms with Crippen LogP contribution >= 0.6 is 12.4 Å². The number of rotatable bonds is 2. The Morgan fingerprint density at radius 1 is 1.42 bits per heavy atom. The molecule has 1 unspecified atom stereocenters. The Labute approximate surface area is 117 Å². The van der Waals surface area contributed by atoms with Crippen molar-refractivity contribution in [1.82, 2.24) is 5.32 Å². The van der Waals surface area contributed by atoms with Gasteiger partial charge in [0.05, 0.1) is 11.4 Å². The fourth-order valence-electron chi connectivity index (χ4n) is 2.07. The average molecular weight is 285 g/mol. The predicted molar refractivity (Wildman–Crippen MR) is 76.7 cm³/mol. The lowest BCUT2D eigenvalue weighted by atomic mass is 10.1. The standard InChI is InChI=1S/C12H16N4O2.ClH/c1-8(11(17)15-12(13)18)16-7-6-14-9-4-2-3-5-10(9)16;/h2-5,8,14H,6-7H2,1H3,(H3,13,15,17,18);1H. The van der Waals surface area contributed by atoms with Crippen LogP contribution in [0.2, 0.25) is 0 Å². The molecule has 0 saturated carbocycles. The van der Waals surface area contributed by atoms with Crippen LogP contribution in [0.15, 0.2) is 24.3 Å². The molecule has 104 valence electrons. The molecule has 0 spiro atoms. The number of nitrogens with two attached hydrogens (primary N) is 1. The van der Waals surface area contributed by atoms with E-state index in [2.05, 4.69) is 10.6 Å². The number of halogens is 1. The Kier molecular flexibility index (Phi) is 5.00. The topological polar surface area (TPSA) is 87.5 Å². The van der Waals surface area contributed by atoms with Crippen molar-refractivity contribution in [2.75, 3.05) is 23.3 Å². The number of urea groups is 1. The minimum atomic E-state index is -0.824. The van der Waals surface area contributed by atoms with Crippen molar-refractivity contribution in [3.63, 3.8) is 0 Å². The van der Waals surface area contributed by atoms with Crippen molar-refractivity contribution in [3.05, 3.63) is 24.3 Å². The number of anilines is 2. The van der Waals surface area contributed by atoms with E-state index in [9.17, 15) is 9.59 Å². The lowest BCUT2D eigenvalue weighted by molar-refractivity contribution is -0.120. The molecule has 4 N–H and O–H groups in total. The average Bonchev–Trinajstić information content (AvgIpc) is 2.36. The molecule has 1 heterocycles. The summed E-state index contributed by atoms with van der Waals surface area (Å²) < 4.78 is 0. The Hall–Kier alpha value is -1.95. The third-order valence-corrected chi connectivity index (χ3v) is 2.97. The van der Waals surface area contributed by atoms with Gasteiger partial charge in [-0.25, -0.2) is 4.79 Å². The number of amides is 3. The molecule has 1 aliphatic heterocycles. The molecule has 1 aliphatic rings. The summed E-state index contributed by atoms with van der Waals surface area (Å²) >= 11 is 0. The molecule has 2 rings (SSSR count). The van der Waals surface area contributed by atoms with Crippen LogP contribution in [0.3, 0.4) is 0 Å². The van der Waals surface area contributed by atoms with Crippen molar-refractivity contribution < 1.29 is 9.59 Å². The van der Waals surface area contributed by atoms with Crippen molar-refractivity contribution in [3.8, 4) is 0 Å². The zero-order chi connectivity index (χ0) is 13.1. The fraction of sp³-hybridized carbons (Fsp3) is 0.333. The zero-order valence-electron chi connectivity index (χ0n) is 10.6. The molecular formula is C12H17ClN4O2. The number of carbonyl (C=O) groups is 2. The Morgan fingerprint density at radius 3 is 2.79 bits per heavy atom. The van der Waals surface area contributed by atoms with Gasteiger partial charge in [0.2, 0.25) is 5.91 Å². The molecule has 1 aromatic rings. The lowest BCUT2D eigenvalue weighted by Gasteiger charge is -2.35. The van der Waals surface area contributed by atoms with Gasteiger partial charge in [0, 0.05) is 13.1 Å². The summed E-state index contributed by atoms with van der Waals surface area (Å²) in [5, 5.41) is 5.37. The van der Waals surface area contributed by atoms with Gasteiger partial charge in [0.15, 0.2) is 0 Å². The number of nitrogens with zero attached hydrogens (tertiary/aromatic N) is 1. The third kappa shape index (κ3) is 3.29. The fourth-order valence-corrected chi connectivity index (χ4v) is 2.07. The van der Waals surface area contributed by atoms with Gasteiger partial charge in [-0.15, -0.1) is 12.4 Å². The molecule has 1 aromatic carbocycles. The van der Waals surface area contributed by atoms with E-state index in [4.69, 9.17) is 5.73 Å². The summed E-state index contributed by atoms with van der Waals surface area (Å²) in [6.45, 7) is 3.20. The van der Waals surface area contributed by atoms with E-state index < -0.39 is 12.1 Å². The van der Waals surface area contributed by atoms with Crippen LogP contribution in [-0.4, -0.2) is 31.1 Å². The molecule has 0 saturated heterocycles. The van der Waals surface area contributed by atoms with E-state index >= 15 is 0 Å². The number of nitrogens with one attached hydrogen (secondary N) is 2. The van der Waals surface area contributed by atoms with Crippen molar-refractivity contribution in [2.24, 2.45) is 5.73 Å². The maximum Gasteiger partial charge on any atom is 0.318 e. The Balaban J connectivity index is 0.00000180. The van der Waals surface area contributed by atoms with Gasteiger partial charge in [0.25, 0.3) is 0 Å². The van der Waals surface area contributed by atoms with Crippen LogP contribution in [0.5, 0.6) is 0 Å². The lowest BCUT2D eigenvalue weighted by Crippen LogP contribution is -2.51. The van der Waals surface area contributed by atoms with Crippen molar-refractivity contribution >= 4 is 35.7 Å². The number of carbonyl (C=O) groups excluding carboxylic acids is 2. The number of para-hydroxylation sites is 2. The third-order valence-electron chi connectivity index (χ3n) is 2.97. The van der Waals surface area contributed by atoms with E-state index in [0.717, 1.165) is 17.9 Å². The number of imide groups is 1. The van der Waals surface area contributed by atoms with Crippen molar-refractivity contribution in [2.45, 2.75) is 13.0 Å². The normalized spacial score (nSPS) is 14.5. The molecule has 0 bridgehead atoms. The number of hydrogen-bond donors (Lipinski definition) is 3. The van der Waals surface area contributed by atoms with Crippen LogP contribution in [0.1, 0.15) is 6.92 Å². The Bertz CT molecular complexity index is 481. The quantitative estimate of drug-likeness (QED) is 0.754. The van der Waals surface area contributed by atoms with Gasteiger partial charge in [-0.3, -0.25) is 10.1 Å². The van der Waals surface area contributed by atoms with Gasteiger partial charge in [0.1, 0.15) is 6.04 Å². The van der Waals surface area contributed by atoms with Crippen LogP contribution in [0.25, 0.3) is 0 Å². The second kappa shape index (κ2) is 6.29. The van der Waals surface area contributed by atoms with Gasteiger partial charge in [-0.2, -0.15) is 0 Å². The summed E-state index contributed by atoms with van der Waals surface area (Å²) in [5.74, 6) is -0.390. The van der Waals surface area contributed by atoms with Crippen LogP contribution in [0.4, 0.5) is 16.2 Å². The molecule has 0 fully saturated rings. The SMILES string of the molecule is CC(C(=O)NC(N)=O)N1CCNc2ccccc21.Cl. The van der Waals surface area contributed by atoms with Gasteiger partial charge in [-0.1, -0.05) is 12.1 Å². The number of fused-ring (bicyclic) bond motifs is 1. The molecule has 3 amide bonds. The van der Waals surface area contributed by atoms with Crippen LogP contribution in [0, 0.1) is 0 Å². The Morgan fingerprint density at radius 2 is 2.11 bits per heavy atom. The molecular weight excluding hydrogens is 268 g/mol. The second-order valence-corrected chi connectivity index (χ2v) is 4.17. The van der Waals surface area contributed by atoms with E-state index in [1.54, 1.807) is 6.92 Å². The minimum absolute atomic E-state index is 0. The highest BCUT2D eigenvalue weighted by molar-refractivity contribution is 5.98. The molecule has 19 heavy (non-hydrogen) atoms. The first-order valence-electron chi connectivity index (χ1n) is 5.79. The van der Waals surface area contributed by atoms with Gasteiger partial charge in [-0.05, 0) is 19.1 Å². The van der Waals surface area contributed by atoms with Gasteiger partial charge < -0.3 is 16.0 Å². The number of benzene rings is 1. The summed E-state index contributed by atoms with van der Waals surface area (Å²) in [6, 6.07) is 6.48. The summed E-state index contributed by atoms with van der Waals surface area (Å²) in [7, 11) is 0. The maximum absolute atomic E-state index is 11.8. The van der Waals surface area contributed by atoms with E-state index in [1.807, 2.05) is 29.2 Å². The first-order chi connectivity index (χ1) is 8.59. The van der Waals surface area contributed by atoms with E-state index in [0.29, 0.717) is 6.54 Å². The van der Waals surface area contributed by atoms with E-state index in [-0.39, 0.29) is 18.3 Å². The largest absolute Gasteiger partial charge is 0.382 e. The second-order valence-electron chi connectivity index (χ2n) is 4.17.